The molecule has 1 aromatic carbocycles. The van der Waals surface area contributed by atoms with Crippen molar-refractivity contribution < 1.29 is 0 Å². The van der Waals surface area contributed by atoms with Crippen LogP contribution in [0.25, 0.3) is 0 Å². The number of rotatable bonds is 2. The highest BCUT2D eigenvalue weighted by Crippen LogP contribution is 2.20. The maximum Gasteiger partial charge on any atom is 0.0406 e. The summed E-state index contributed by atoms with van der Waals surface area (Å²) < 4.78 is 0. The highest BCUT2D eigenvalue weighted by atomic mass is 35.5. The molecule has 0 fully saturated rings. The van der Waals surface area contributed by atoms with Crippen LogP contribution in [0.3, 0.4) is 0 Å². The van der Waals surface area contributed by atoms with Gasteiger partial charge in [0.05, 0.1) is 0 Å². The molecule has 0 saturated carbocycles. The van der Waals surface area contributed by atoms with Gasteiger partial charge in [0, 0.05) is 18.1 Å². The molecule has 0 aliphatic carbocycles. The number of halogens is 1. The largest absolute Gasteiger partial charge is 0.299 e. The molecule has 1 aliphatic heterocycles. The van der Waals surface area contributed by atoms with Gasteiger partial charge in [-0.1, -0.05) is 34.9 Å². The average molecular weight is 222 g/mol. The second kappa shape index (κ2) is 4.38. The van der Waals surface area contributed by atoms with E-state index in [0.717, 1.165) is 24.5 Å². The quantitative estimate of drug-likeness (QED) is 0.694. The number of hydrogen-bond acceptors (Lipinski definition) is 1. The van der Waals surface area contributed by atoms with E-state index in [1.165, 1.54) is 11.1 Å². The minimum Gasteiger partial charge on any atom is -0.299 e. The SMILES string of the molecule is CC1=C(Cc2ccc(Cl)cc2)CN(C)C1. The zero-order chi connectivity index (χ0) is 10.8. The number of nitrogens with zero attached hydrogens (tertiary/aromatic N) is 1. The van der Waals surface area contributed by atoms with Crippen molar-refractivity contribution in [2.45, 2.75) is 13.3 Å². The van der Waals surface area contributed by atoms with Crippen molar-refractivity contribution >= 4 is 11.6 Å². The predicted molar refractivity (Wildman–Crippen MR) is 65.4 cm³/mol. The first-order chi connectivity index (χ1) is 7.15. The molecule has 0 aromatic heterocycles. The molecule has 0 spiro atoms. The van der Waals surface area contributed by atoms with E-state index in [-0.39, 0.29) is 0 Å². The lowest BCUT2D eigenvalue weighted by molar-refractivity contribution is 0.423. The Hall–Kier alpha value is -0.790. The van der Waals surface area contributed by atoms with Crippen molar-refractivity contribution in [3.63, 3.8) is 0 Å². The van der Waals surface area contributed by atoms with Crippen molar-refractivity contribution in [2.75, 3.05) is 20.1 Å². The minimum absolute atomic E-state index is 0.813. The second-order valence-corrected chi connectivity index (χ2v) is 4.80. The molecular weight excluding hydrogens is 206 g/mol. The normalized spacial score (nSPS) is 17.5. The molecule has 1 heterocycles. The van der Waals surface area contributed by atoms with Crippen LogP contribution < -0.4 is 0 Å². The maximum absolute atomic E-state index is 5.86. The van der Waals surface area contributed by atoms with Gasteiger partial charge in [0.2, 0.25) is 0 Å². The summed E-state index contributed by atoms with van der Waals surface area (Å²) in [5, 5.41) is 0.813. The van der Waals surface area contributed by atoms with Crippen molar-refractivity contribution in [3.05, 3.63) is 46.0 Å². The second-order valence-electron chi connectivity index (χ2n) is 4.36. The minimum atomic E-state index is 0.813. The maximum atomic E-state index is 5.86. The van der Waals surface area contributed by atoms with Crippen molar-refractivity contribution in [1.29, 1.82) is 0 Å². The Bertz CT molecular complexity index is 378. The molecule has 0 saturated heterocycles. The van der Waals surface area contributed by atoms with Gasteiger partial charge in [-0.05, 0) is 38.1 Å². The summed E-state index contributed by atoms with van der Waals surface area (Å²) in [6.45, 7) is 4.45. The Balaban J connectivity index is 2.09. The van der Waals surface area contributed by atoms with Crippen LogP contribution in [-0.2, 0) is 6.42 Å². The van der Waals surface area contributed by atoms with E-state index in [2.05, 4.69) is 31.0 Å². The van der Waals surface area contributed by atoms with Gasteiger partial charge >= 0.3 is 0 Å². The standard InChI is InChI=1S/C13H16ClN/c1-10-8-15(2)9-12(10)7-11-3-5-13(14)6-4-11/h3-6H,7-9H2,1-2H3. The Kier molecular flexibility index (Phi) is 3.13. The first-order valence-corrected chi connectivity index (χ1v) is 5.63. The lowest BCUT2D eigenvalue weighted by atomic mass is 10.0. The summed E-state index contributed by atoms with van der Waals surface area (Å²) in [6.07, 6.45) is 1.06. The molecule has 1 aliphatic rings. The molecule has 0 amide bonds. The van der Waals surface area contributed by atoms with Gasteiger partial charge in [-0.15, -0.1) is 0 Å². The van der Waals surface area contributed by atoms with Gasteiger partial charge in [-0.25, -0.2) is 0 Å². The van der Waals surface area contributed by atoms with Gasteiger partial charge in [0.25, 0.3) is 0 Å². The molecule has 0 radical (unpaired) electrons. The van der Waals surface area contributed by atoms with Gasteiger partial charge in [0.1, 0.15) is 0 Å². The van der Waals surface area contributed by atoms with Crippen LogP contribution in [0, 0.1) is 0 Å². The Labute approximate surface area is 96.4 Å². The van der Waals surface area contributed by atoms with Crippen LogP contribution in [0.5, 0.6) is 0 Å². The molecule has 0 N–H and O–H groups in total. The van der Waals surface area contributed by atoms with E-state index >= 15 is 0 Å². The smallest absolute Gasteiger partial charge is 0.0406 e. The molecule has 0 bridgehead atoms. The number of likely N-dealkylation sites (N-methyl/N-ethyl adjacent to an activating group) is 1. The highest BCUT2D eigenvalue weighted by molar-refractivity contribution is 6.30. The number of hydrogen-bond donors (Lipinski definition) is 0. The van der Waals surface area contributed by atoms with Crippen LogP contribution in [0.2, 0.25) is 5.02 Å². The third-order valence-electron chi connectivity index (χ3n) is 2.90. The Morgan fingerprint density at radius 3 is 2.40 bits per heavy atom. The van der Waals surface area contributed by atoms with Crippen molar-refractivity contribution in [2.24, 2.45) is 0 Å². The summed E-state index contributed by atoms with van der Waals surface area (Å²) in [5.41, 5.74) is 4.43. The molecule has 15 heavy (non-hydrogen) atoms. The summed E-state index contributed by atoms with van der Waals surface area (Å²) in [4.78, 5) is 2.35. The van der Waals surface area contributed by atoms with E-state index in [1.807, 2.05) is 12.1 Å². The van der Waals surface area contributed by atoms with Crippen LogP contribution in [0.15, 0.2) is 35.4 Å². The molecule has 2 rings (SSSR count). The molecule has 1 aromatic rings. The summed E-state index contributed by atoms with van der Waals surface area (Å²) in [6, 6.07) is 8.15. The summed E-state index contributed by atoms with van der Waals surface area (Å²) >= 11 is 5.86. The molecule has 1 nitrogen and oxygen atoms in total. The third kappa shape index (κ3) is 2.61. The fourth-order valence-corrected chi connectivity index (χ4v) is 2.21. The van der Waals surface area contributed by atoms with Crippen LogP contribution in [0.4, 0.5) is 0 Å². The first-order valence-electron chi connectivity index (χ1n) is 5.25. The average Bonchev–Trinajstić information content (AvgIpc) is 2.49. The molecule has 80 valence electrons. The Morgan fingerprint density at radius 2 is 1.87 bits per heavy atom. The molecule has 2 heteroatoms. The monoisotopic (exact) mass is 221 g/mol. The van der Waals surface area contributed by atoms with E-state index in [4.69, 9.17) is 11.6 Å². The van der Waals surface area contributed by atoms with Crippen LogP contribution in [-0.4, -0.2) is 25.0 Å². The Morgan fingerprint density at radius 1 is 1.20 bits per heavy atom. The predicted octanol–water partition coefficient (Wildman–Crippen LogP) is 3.14. The third-order valence-corrected chi connectivity index (χ3v) is 3.15. The first kappa shape index (κ1) is 10.7. The zero-order valence-electron chi connectivity index (χ0n) is 9.26. The van der Waals surface area contributed by atoms with Crippen LogP contribution >= 0.6 is 11.6 Å². The van der Waals surface area contributed by atoms with E-state index in [1.54, 1.807) is 5.57 Å². The fourth-order valence-electron chi connectivity index (χ4n) is 2.09. The lowest BCUT2D eigenvalue weighted by Gasteiger charge is -2.07. The fraction of sp³-hybridized carbons (Fsp3) is 0.385. The summed E-state index contributed by atoms with van der Waals surface area (Å²) in [7, 11) is 2.17. The van der Waals surface area contributed by atoms with Gasteiger partial charge in [-0.3, -0.25) is 4.90 Å². The lowest BCUT2D eigenvalue weighted by Crippen LogP contribution is -2.14. The van der Waals surface area contributed by atoms with Gasteiger partial charge < -0.3 is 0 Å². The topological polar surface area (TPSA) is 3.24 Å². The highest BCUT2D eigenvalue weighted by Gasteiger charge is 2.15. The molecular formula is C13H16ClN. The molecule has 0 unspecified atom stereocenters. The zero-order valence-corrected chi connectivity index (χ0v) is 10.0. The van der Waals surface area contributed by atoms with Gasteiger partial charge in [-0.2, -0.15) is 0 Å². The number of benzene rings is 1. The molecule has 0 atom stereocenters. The van der Waals surface area contributed by atoms with E-state index < -0.39 is 0 Å². The summed E-state index contributed by atoms with van der Waals surface area (Å²) in [5.74, 6) is 0. The van der Waals surface area contributed by atoms with Crippen molar-refractivity contribution in [1.82, 2.24) is 4.90 Å². The van der Waals surface area contributed by atoms with E-state index in [9.17, 15) is 0 Å². The van der Waals surface area contributed by atoms with Gasteiger partial charge in [0.15, 0.2) is 0 Å². The van der Waals surface area contributed by atoms with Crippen LogP contribution in [0.1, 0.15) is 12.5 Å². The van der Waals surface area contributed by atoms with Crippen molar-refractivity contribution in [3.8, 4) is 0 Å². The van der Waals surface area contributed by atoms with E-state index in [0.29, 0.717) is 0 Å².